The van der Waals surface area contributed by atoms with Crippen LogP contribution in [0.3, 0.4) is 0 Å². The van der Waals surface area contributed by atoms with Gasteiger partial charge in [0.15, 0.2) is 0 Å². The molecule has 1 aliphatic rings. The molecule has 0 saturated heterocycles. The van der Waals surface area contributed by atoms with Gasteiger partial charge < -0.3 is 0 Å². The summed E-state index contributed by atoms with van der Waals surface area (Å²) in [5, 5.41) is 0. The van der Waals surface area contributed by atoms with E-state index in [1.54, 1.807) is 0 Å². The molecule has 0 spiro atoms. The van der Waals surface area contributed by atoms with Gasteiger partial charge in [0.1, 0.15) is 0 Å². The van der Waals surface area contributed by atoms with Crippen LogP contribution in [-0.2, 0) is 0 Å². The Morgan fingerprint density at radius 2 is 2.33 bits per heavy atom. The predicted octanol–water partition coefficient (Wildman–Crippen LogP) is 1.62. The van der Waals surface area contributed by atoms with Gasteiger partial charge in [0.05, 0.1) is 0 Å². The van der Waals surface area contributed by atoms with Gasteiger partial charge in [-0.3, -0.25) is 0 Å². The second kappa shape index (κ2) is 3.84. The van der Waals surface area contributed by atoms with Crippen molar-refractivity contribution in [3.05, 3.63) is 11.6 Å². The summed E-state index contributed by atoms with van der Waals surface area (Å²) < 4.78 is 2.92. The molecule has 0 radical (unpaired) electrons. The van der Waals surface area contributed by atoms with E-state index in [2.05, 4.69) is 16.6 Å². The van der Waals surface area contributed by atoms with E-state index in [1.165, 1.54) is 31.3 Å². The first-order chi connectivity index (χ1) is 4.43. The molecule has 9 heavy (non-hydrogen) atoms. The Morgan fingerprint density at radius 1 is 1.44 bits per heavy atom. The Morgan fingerprint density at radius 3 is 2.89 bits per heavy atom. The molecule has 0 unspecified atom stereocenters. The number of rotatable bonds is 0. The normalized spacial score (nSPS) is 17.8. The topological polar surface area (TPSA) is 0 Å². The minimum atomic E-state index is 1.21. The molecule has 1 rings (SSSR count). The van der Waals surface area contributed by atoms with E-state index in [-0.39, 0.29) is 0 Å². The van der Waals surface area contributed by atoms with Crippen LogP contribution >= 0.6 is 0 Å². The number of hydrogen-bond acceptors (Lipinski definition) is 0. The molecule has 0 aliphatic heterocycles. The molecule has 0 fully saturated rings. The fraction of sp³-hybridized carbons (Fsp3) is 0.500. The maximum absolute atomic E-state index is 3.10. The van der Waals surface area contributed by atoms with Gasteiger partial charge >= 0.3 is 65.6 Å². The van der Waals surface area contributed by atoms with E-state index >= 15 is 0 Å². The Kier molecular flexibility index (Phi) is 2.99. The molecule has 0 aromatic rings. The van der Waals surface area contributed by atoms with Gasteiger partial charge in [-0.2, -0.15) is 0 Å². The molecule has 0 atom stereocenters. The van der Waals surface area contributed by atoms with Crippen molar-refractivity contribution in [3.8, 4) is 10.5 Å². The summed E-state index contributed by atoms with van der Waals surface area (Å²) in [5.74, 6) is 3.10. The SMILES string of the molecule is [Li][C]#CC1=CCCCC1. The summed E-state index contributed by atoms with van der Waals surface area (Å²) in [6, 6.07) is 0. The third-order valence-corrected chi connectivity index (χ3v) is 1.58. The zero-order chi connectivity index (χ0) is 6.53. The molecule has 1 heteroatoms. The average Bonchev–Trinajstić information content (AvgIpc) is 1.91. The van der Waals surface area contributed by atoms with Crippen LogP contribution in [0, 0.1) is 10.5 Å². The Bertz CT molecular complexity index is 169. The quantitative estimate of drug-likeness (QED) is 0.330. The summed E-state index contributed by atoms with van der Waals surface area (Å²) in [7, 11) is 0. The van der Waals surface area contributed by atoms with Crippen molar-refractivity contribution in [2.75, 3.05) is 0 Å². The summed E-state index contributed by atoms with van der Waals surface area (Å²) in [4.78, 5) is 0. The van der Waals surface area contributed by atoms with Crippen LogP contribution in [-0.4, -0.2) is 17.7 Å². The van der Waals surface area contributed by atoms with Crippen LogP contribution < -0.4 is 0 Å². The third kappa shape index (κ3) is 2.31. The van der Waals surface area contributed by atoms with Gasteiger partial charge in [-0.25, -0.2) is 0 Å². The van der Waals surface area contributed by atoms with E-state index in [0.717, 1.165) is 0 Å². The van der Waals surface area contributed by atoms with E-state index in [0.29, 0.717) is 0 Å². The van der Waals surface area contributed by atoms with Crippen molar-refractivity contribution >= 4 is 17.7 Å². The van der Waals surface area contributed by atoms with Crippen molar-refractivity contribution in [2.45, 2.75) is 25.7 Å². The zero-order valence-electron chi connectivity index (χ0n) is 5.91. The van der Waals surface area contributed by atoms with Crippen LogP contribution in [0.25, 0.3) is 0 Å². The van der Waals surface area contributed by atoms with E-state index in [4.69, 9.17) is 0 Å². The van der Waals surface area contributed by atoms with Crippen molar-refractivity contribution < 1.29 is 0 Å². The third-order valence-electron chi connectivity index (χ3n) is 1.58. The van der Waals surface area contributed by atoms with Gasteiger partial charge in [0, 0.05) is 0 Å². The fourth-order valence-corrected chi connectivity index (χ4v) is 1.11. The van der Waals surface area contributed by atoms with Gasteiger partial charge in [-0.05, 0) is 0 Å². The van der Waals surface area contributed by atoms with Crippen LogP contribution in [0.5, 0.6) is 0 Å². The van der Waals surface area contributed by atoms with E-state index < -0.39 is 0 Å². The molecule has 0 aromatic carbocycles. The molecule has 0 N–H and O–H groups in total. The maximum atomic E-state index is 3.10. The zero-order valence-corrected chi connectivity index (χ0v) is 5.91. The molecule has 0 heterocycles. The van der Waals surface area contributed by atoms with Crippen LogP contribution in [0.2, 0.25) is 0 Å². The summed E-state index contributed by atoms with van der Waals surface area (Å²) in [6.07, 6.45) is 7.40. The summed E-state index contributed by atoms with van der Waals surface area (Å²) in [6.45, 7) is 0. The fourth-order valence-electron chi connectivity index (χ4n) is 1.11. The molecular weight excluding hydrogens is 103 g/mol. The molecule has 1 aliphatic carbocycles. The predicted molar refractivity (Wildman–Crippen MR) is 40.1 cm³/mol. The Labute approximate surface area is 65.9 Å². The summed E-state index contributed by atoms with van der Waals surface area (Å²) >= 11 is 1.90. The molecule has 0 amide bonds. The van der Waals surface area contributed by atoms with E-state index in [9.17, 15) is 0 Å². The monoisotopic (exact) mass is 112 g/mol. The van der Waals surface area contributed by atoms with Crippen molar-refractivity contribution in [1.82, 2.24) is 0 Å². The first-order valence-corrected chi connectivity index (χ1v) is 3.55. The first kappa shape index (κ1) is 7.01. The second-order valence-corrected chi connectivity index (χ2v) is 2.35. The number of allylic oxidation sites excluding steroid dienone is 2. The van der Waals surface area contributed by atoms with Crippen LogP contribution in [0.4, 0.5) is 0 Å². The van der Waals surface area contributed by atoms with Crippen molar-refractivity contribution in [3.63, 3.8) is 0 Å². The first-order valence-electron chi connectivity index (χ1n) is 3.55. The van der Waals surface area contributed by atoms with Crippen LogP contribution in [0.1, 0.15) is 25.7 Å². The molecule has 42 valence electrons. The molecule has 0 nitrogen and oxygen atoms in total. The molecule has 0 aromatic heterocycles. The summed E-state index contributed by atoms with van der Waals surface area (Å²) in [5.41, 5.74) is 1.35. The van der Waals surface area contributed by atoms with Gasteiger partial charge in [0.25, 0.3) is 0 Å². The Balaban J connectivity index is 2.53. The van der Waals surface area contributed by atoms with Gasteiger partial charge in [-0.15, -0.1) is 0 Å². The average molecular weight is 112 g/mol. The van der Waals surface area contributed by atoms with Gasteiger partial charge in [-0.1, -0.05) is 0 Å². The second-order valence-electron chi connectivity index (χ2n) is 2.35. The van der Waals surface area contributed by atoms with E-state index in [1.807, 2.05) is 17.7 Å². The minimum absolute atomic E-state index is 1.21. The number of hydrogen-bond donors (Lipinski definition) is 0. The Hall–Kier alpha value is -0.103. The van der Waals surface area contributed by atoms with Gasteiger partial charge in [0.2, 0.25) is 0 Å². The molecular formula is C8H9Li. The molecule has 0 bridgehead atoms. The standard InChI is InChI=1S/C8H9.Li/c1-2-8-6-4-3-5-7-8;/h6H,3-5,7H2;. The van der Waals surface area contributed by atoms with Crippen LogP contribution in [0.15, 0.2) is 11.6 Å². The molecule has 0 saturated carbocycles. The van der Waals surface area contributed by atoms with Crippen molar-refractivity contribution in [1.29, 1.82) is 0 Å². The van der Waals surface area contributed by atoms with Crippen molar-refractivity contribution in [2.24, 2.45) is 0 Å².